The Morgan fingerprint density at radius 3 is 3.00 bits per heavy atom. The van der Waals surface area contributed by atoms with Gasteiger partial charge in [0.05, 0.1) is 19.0 Å². The van der Waals surface area contributed by atoms with E-state index in [0.29, 0.717) is 5.69 Å². The van der Waals surface area contributed by atoms with E-state index in [4.69, 9.17) is 0 Å². The topological polar surface area (TPSA) is 52.1 Å². The summed E-state index contributed by atoms with van der Waals surface area (Å²) in [6, 6.07) is 0. The molecule has 0 saturated heterocycles. The minimum absolute atomic E-state index is 0.212. The van der Waals surface area contributed by atoms with Crippen molar-refractivity contribution in [2.75, 3.05) is 7.11 Å². The predicted octanol–water partition coefficient (Wildman–Crippen LogP) is 0.372. The van der Waals surface area contributed by atoms with Gasteiger partial charge in [-0.15, -0.1) is 0 Å². The Labute approximate surface area is 64.2 Å². The maximum Gasteiger partial charge on any atom is 0.358 e. The molecule has 0 aliphatic heterocycles. The van der Waals surface area contributed by atoms with E-state index in [1.54, 1.807) is 6.92 Å². The molecule has 0 aromatic carbocycles. The first-order chi connectivity index (χ1) is 5.24. The van der Waals surface area contributed by atoms with Crippen molar-refractivity contribution < 1.29 is 9.53 Å². The molecule has 0 saturated carbocycles. The third-order valence-corrected chi connectivity index (χ3v) is 1.10. The standard InChI is InChI=1S/C7H7N2O2/c1-5-3-8-4-6(9-5)7(10)11-2/h4H,1-2H3. The molecule has 57 valence electrons. The number of carbonyl (C=O) groups is 1. The Kier molecular flexibility index (Phi) is 2.15. The molecular formula is C7H7N2O2. The quantitative estimate of drug-likeness (QED) is 0.544. The highest BCUT2D eigenvalue weighted by Crippen LogP contribution is 1.95. The second-order valence-corrected chi connectivity index (χ2v) is 1.94. The molecule has 0 N–H and O–H groups in total. The molecule has 11 heavy (non-hydrogen) atoms. The fraction of sp³-hybridized carbons (Fsp3) is 0.286. The van der Waals surface area contributed by atoms with Crippen LogP contribution in [0.4, 0.5) is 0 Å². The van der Waals surface area contributed by atoms with Crippen LogP contribution in [-0.4, -0.2) is 23.0 Å². The van der Waals surface area contributed by atoms with E-state index >= 15 is 0 Å². The maximum atomic E-state index is 10.8. The van der Waals surface area contributed by atoms with E-state index in [1.807, 2.05) is 0 Å². The minimum atomic E-state index is -0.477. The summed E-state index contributed by atoms with van der Waals surface area (Å²) in [5.41, 5.74) is 0.789. The summed E-state index contributed by atoms with van der Waals surface area (Å²) in [6.45, 7) is 1.71. The number of hydrogen-bond donors (Lipinski definition) is 0. The van der Waals surface area contributed by atoms with E-state index in [9.17, 15) is 4.79 Å². The van der Waals surface area contributed by atoms with Gasteiger partial charge in [-0.05, 0) is 6.92 Å². The van der Waals surface area contributed by atoms with Crippen molar-refractivity contribution >= 4 is 5.97 Å². The van der Waals surface area contributed by atoms with Crippen LogP contribution < -0.4 is 0 Å². The van der Waals surface area contributed by atoms with Crippen LogP contribution in [0.5, 0.6) is 0 Å². The Balaban J connectivity index is 2.96. The van der Waals surface area contributed by atoms with Crippen LogP contribution >= 0.6 is 0 Å². The molecule has 0 unspecified atom stereocenters. The zero-order chi connectivity index (χ0) is 8.27. The molecule has 4 nitrogen and oxygen atoms in total. The van der Waals surface area contributed by atoms with Gasteiger partial charge in [0.25, 0.3) is 0 Å². The van der Waals surface area contributed by atoms with E-state index in [0.717, 1.165) is 0 Å². The maximum absolute atomic E-state index is 10.8. The number of rotatable bonds is 1. The number of esters is 1. The highest BCUT2D eigenvalue weighted by atomic mass is 16.5. The van der Waals surface area contributed by atoms with Crippen LogP contribution in [0.1, 0.15) is 16.2 Å². The molecule has 1 heterocycles. The van der Waals surface area contributed by atoms with Crippen LogP contribution in [0.25, 0.3) is 0 Å². The van der Waals surface area contributed by atoms with Gasteiger partial charge in [0, 0.05) is 0 Å². The summed E-state index contributed by atoms with van der Waals surface area (Å²) in [6.07, 6.45) is 3.90. The Morgan fingerprint density at radius 2 is 2.45 bits per heavy atom. The van der Waals surface area contributed by atoms with E-state index in [1.165, 1.54) is 13.3 Å². The van der Waals surface area contributed by atoms with Crippen molar-refractivity contribution in [2.45, 2.75) is 6.92 Å². The number of aryl methyl sites for hydroxylation is 1. The first-order valence-corrected chi connectivity index (χ1v) is 3.03. The molecule has 0 atom stereocenters. The van der Waals surface area contributed by atoms with Crippen LogP contribution in [0.3, 0.4) is 0 Å². The Bertz CT molecular complexity index is 273. The highest BCUT2D eigenvalue weighted by molar-refractivity contribution is 5.86. The van der Waals surface area contributed by atoms with Crippen molar-refractivity contribution in [1.29, 1.82) is 0 Å². The third-order valence-electron chi connectivity index (χ3n) is 1.10. The number of carbonyl (C=O) groups excluding carboxylic acids is 1. The summed E-state index contributed by atoms with van der Waals surface area (Å²) < 4.78 is 4.44. The molecule has 0 amide bonds. The van der Waals surface area contributed by atoms with E-state index in [2.05, 4.69) is 20.9 Å². The number of hydrogen-bond acceptors (Lipinski definition) is 4. The first-order valence-electron chi connectivity index (χ1n) is 3.03. The molecule has 0 aliphatic carbocycles. The summed E-state index contributed by atoms with van der Waals surface area (Å²) in [5.74, 6) is -0.477. The van der Waals surface area contributed by atoms with Crippen LogP contribution in [0.15, 0.2) is 6.20 Å². The average molecular weight is 151 g/mol. The monoisotopic (exact) mass is 151 g/mol. The van der Waals surface area contributed by atoms with Crippen LogP contribution in [0.2, 0.25) is 0 Å². The van der Waals surface area contributed by atoms with Gasteiger partial charge in [0.1, 0.15) is 6.20 Å². The zero-order valence-corrected chi connectivity index (χ0v) is 6.29. The van der Waals surface area contributed by atoms with Gasteiger partial charge in [-0.1, -0.05) is 0 Å². The summed E-state index contributed by atoms with van der Waals surface area (Å²) >= 11 is 0. The molecule has 1 aromatic heterocycles. The fourth-order valence-corrected chi connectivity index (χ4v) is 0.624. The van der Waals surface area contributed by atoms with Crippen molar-refractivity contribution in [1.82, 2.24) is 9.97 Å². The number of nitrogens with zero attached hydrogens (tertiary/aromatic N) is 2. The largest absolute Gasteiger partial charge is 0.464 e. The first kappa shape index (κ1) is 7.65. The lowest BCUT2D eigenvalue weighted by Crippen LogP contribution is -2.05. The average Bonchev–Trinajstić information content (AvgIpc) is 2.03. The minimum Gasteiger partial charge on any atom is -0.464 e. The van der Waals surface area contributed by atoms with Crippen LogP contribution in [0, 0.1) is 13.1 Å². The van der Waals surface area contributed by atoms with Gasteiger partial charge in [-0.3, -0.25) is 4.98 Å². The molecule has 0 spiro atoms. The van der Waals surface area contributed by atoms with Gasteiger partial charge in [-0.25, -0.2) is 9.78 Å². The summed E-state index contributed by atoms with van der Waals surface area (Å²) in [4.78, 5) is 18.3. The number of methoxy groups -OCH3 is 1. The molecule has 4 heteroatoms. The van der Waals surface area contributed by atoms with Gasteiger partial charge in [0.15, 0.2) is 5.69 Å². The zero-order valence-electron chi connectivity index (χ0n) is 6.29. The van der Waals surface area contributed by atoms with Crippen molar-refractivity contribution in [2.24, 2.45) is 0 Å². The van der Waals surface area contributed by atoms with Crippen LogP contribution in [-0.2, 0) is 4.74 Å². The second kappa shape index (κ2) is 3.09. The van der Waals surface area contributed by atoms with Crippen molar-refractivity contribution in [3.8, 4) is 0 Å². The normalized spacial score (nSPS) is 9.27. The van der Waals surface area contributed by atoms with Gasteiger partial charge >= 0.3 is 5.97 Å². The summed E-state index contributed by atoms with van der Waals surface area (Å²) in [7, 11) is 1.30. The molecular weight excluding hydrogens is 144 g/mol. The van der Waals surface area contributed by atoms with E-state index < -0.39 is 5.97 Å². The SMILES string of the molecule is COC(=O)c1cn[c]c(C)n1. The van der Waals surface area contributed by atoms with Gasteiger partial charge in [0.2, 0.25) is 0 Å². The predicted molar refractivity (Wildman–Crippen MR) is 36.9 cm³/mol. The molecule has 0 bridgehead atoms. The summed E-state index contributed by atoms with van der Waals surface area (Å²) in [5, 5.41) is 0. The second-order valence-electron chi connectivity index (χ2n) is 1.94. The van der Waals surface area contributed by atoms with Crippen molar-refractivity contribution in [3.05, 3.63) is 23.8 Å². The molecule has 1 rings (SSSR count). The number of ether oxygens (including phenoxy) is 1. The lowest BCUT2D eigenvalue weighted by molar-refractivity contribution is 0.0593. The Hall–Kier alpha value is -1.45. The molecule has 0 fully saturated rings. The van der Waals surface area contributed by atoms with Gasteiger partial charge in [-0.2, -0.15) is 0 Å². The Morgan fingerprint density at radius 1 is 1.73 bits per heavy atom. The highest BCUT2D eigenvalue weighted by Gasteiger charge is 2.06. The third kappa shape index (κ3) is 1.73. The molecule has 1 aromatic rings. The lowest BCUT2D eigenvalue weighted by atomic mass is 10.4. The lowest BCUT2D eigenvalue weighted by Gasteiger charge is -1.96. The number of aromatic nitrogens is 2. The molecule has 1 radical (unpaired) electrons. The van der Waals surface area contributed by atoms with Gasteiger partial charge < -0.3 is 4.74 Å². The van der Waals surface area contributed by atoms with Crippen molar-refractivity contribution in [3.63, 3.8) is 0 Å². The van der Waals surface area contributed by atoms with E-state index in [-0.39, 0.29) is 5.69 Å². The smallest absolute Gasteiger partial charge is 0.358 e. The molecule has 0 aliphatic rings. The fourth-order valence-electron chi connectivity index (χ4n) is 0.624.